The molecule has 192 valence electrons. The molecule has 2 saturated carbocycles. The van der Waals surface area contributed by atoms with E-state index in [9.17, 15) is 10.1 Å². The molecule has 2 fully saturated rings. The first-order valence-corrected chi connectivity index (χ1v) is 13.2. The molecule has 2 aromatic carbocycles. The number of nitrogens with zero attached hydrogens (tertiary/aromatic N) is 4. The van der Waals surface area contributed by atoms with Crippen LogP contribution in [0.1, 0.15) is 50.6 Å². The van der Waals surface area contributed by atoms with E-state index >= 15 is 0 Å². The van der Waals surface area contributed by atoms with Gasteiger partial charge in [0.25, 0.3) is 0 Å². The molecule has 2 aromatic heterocycles. The van der Waals surface area contributed by atoms with Gasteiger partial charge in [-0.25, -0.2) is 14.8 Å². The van der Waals surface area contributed by atoms with Crippen LogP contribution in [0.2, 0.25) is 5.02 Å². The largest absolute Gasteiger partial charge is 0.446 e. The Bertz CT molecular complexity index is 1550. The van der Waals surface area contributed by atoms with Crippen LogP contribution in [0.25, 0.3) is 22.2 Å². The summed E-state index contributed by atoms with van der Waals surface area (Å²) in [7, 11) is 0. The fourth-order valence-electron chi connectivity index (χ4n) is 4.96. The number of halogens is 1. The normalized spacial score (nSPS) is 15.9. The summed E-state index contributed by atoms with van der Waals surface area (Å²) in [5, 5.41) is 14.3. The van der Waals surface area contributed by atoms with Crippen LogP contribution in [0, 0.1) is 17.2 Å². The molecule has 1 N–H and O–H groups in total. The molecular weight excluding hydrogens is 502 g/mol. The lowest BCUT2D eigenvalue weighted by Crippen LogP contribution is -2.21. The maximum atomic E-state index is 12.3. The average molecular weight is 528 g/mol. The van der Waals surface area contributed by atoms with Gasteiger partial charge in [0.2, 0.25) is 0 Å². The standard InChI is InChI=1S/C29H26ClN5O3/c1-17(18-6-7-18)37-29(36)34-19-8-10-23(25(30)14-19)27-24(16-31)22-11-9-21(38-28-32-12-3-13-33-28)15-26(22)35(27)20-4-2-5-20/h3,8-15,17-18,20H,2,4-7H2,1H3,(H,34,36)/t17-/m1/s1. The van der Waals surface area contributed by atoms with E-state index < -0.39 is 6.09 Å². The Kier molecular flexibility index (Phi) is 6.38. The van der Waals surface area contributed by atoms with Gasteiger partial charge in [-0.1, -0.05) is 11.6 Å². The van der Waals surface area contributed by atoms with Crippen molar-refractivity contribution in [2.45, 2.75) is 51.2 Å². The van der Waals surface area contributed by atoms with Gasteiger partial charge in [-0.05, 0) is 81.3 Å². The van der Waals surface area contributed by atoms with Gasteiger partial charge in [0.15, 0.2) is 0 Å². The minimum atomic E-state index is -0.496. The van der Waals surface area contributed by atoms with E-state index in [-0.39, 0.29) is 18.2 Å². The highest BCUT2D eigenvalue weighted by Crippen LogP contribution is 2.45. The molecule has 0 spiro atoms. The van der Waals surface area contributed by atoms with Crippen LogP contribution in [0.15, 0.2) is 54.9 Å². The Morgan fingerprint density at radius 3 is 2.61 bits per heavy atom. The van der Waals surface area contributed by atoms with Crippen LogP contribution >= 0.6 is 11.6 Å². The number of hydrogen-bond donors (Lipinski definition) is 1. The van der Waals surface area contributed by atoms with Gasteiger partial charge in [0.05, 0.1) is 21.8 Å². The van der Waals surface area contributed by atoms with Crippen molar-refractivity contribution in [2.24, 2.45) is 5.92 Å². The molecule has 0 aliphatic heterocycles. The Morgan fingerprint density at radius 1 is 1.16 bits per heavy atom. The van der Waals surface area contributed by atoms with E-state index in [1.54, 1.807) is 30.6 Å². The molecule has 38 heavy (non-hydrogen) atoms. The van der Waals surface area contributed by atoms with Crippen LogP contribution in [0.3, 0.4) is 0 Å². The van der Waals surface area contributed by atoms with Crippen LogP contribution in [-0.2, 0) is 4.74 Å². The molecular formula is C29H26ClN5O3. The minimum Gasteiger partial charge on any atom is -0.446 e. The van der Waals surface area contributed by atoms with Gasteiger partial charge in [0.1, 0.15) is 17.9 Å². The molecule has 1 atom stereocenters. The molecule has 8 nitrogen and oxygen atoms in total. The van der Waals surface area contributed by atoms with Gasteiger partial charge in [-0.15, -0.1) is 0 Å². The summed E-state index contributed by atoms with van der Waals surface area (Å²) in [6.07, 6.45) is 7.98. The van der Waals surface area contributed by atoms with Crippen molar-refractivity contribution in [3.05, 3.63) is 65.4 Å². The zero-order valence-corrected chi connectivity index (χ0v) is 21.6. The van der Waals surface area contributed by atoms with Crippen molar-refractivity contribution in [1.29, 1.82) is 5.26 Å². The van der Waals surface area contributed by atoms with Crippen LogP contribution in [0.5, 0.6) is 11.8 Å². The maximum absolute atomic E-state index is 12.3. The fourth-order valence-corrected chi connectivity index (χ4v) is 5.23. The predicted molar refractivity (Wildman–Crippen MR) is 144 cm³/mol. The molecule has 0 radical (unpaired) electrons. The quantitative estimate of drug-likeness (QED) is 0.267. The van der Waals surface area contributed by atoms with E-state index in [0.717, 1.165) is 54.3 Å². The molecule has 1 amide bonds. The second-order valence-corrected chi connectivity index (χ2v) is 10.3. The second kappa shape index (κ2) is 9.99. The van der Waals surface area contributed by atoms with Gasteiger partial charge < -0.3 is 14.0 Å². The second-order valence-electron chi connectivity index (χ2n) is 9.87. The van der Waals surface area contributed by atoms with E-state index in [4.69, 9.17) is 21.1 Å². The van der Waals surface area contributed by atoms with Crippen molar-refractivity contribution in [3.63, 3.8) is 0 Å². The first-order chi connectivity index (χ1) is 18.5. The fraction of sp³-hybridized carbons (Fsp3) is 0.310. The third kappa shape index (κ3) is 4.66. The van der Waals surface area contributed by atoms with E-state index in [0.29, 0.717) is 27.9 Å². The number of anilines is 1. The number of rotatable bonds is 7. The molecule has 2 aliphatic carbocycles. The highest BCUT2D eigenvalue weighted by Gasteiger charge is 2.31. The Hall–Kier alpha value is -4.09. The van der Waals surface area contributed by atoms with E-state index in [2.05, 4.69) is 25.9 Å². The third-order valence-corrected chi connectivity index (χ3v) is 7.64. The summed E-state index contributed by atoms with van der Waals surface area (Å²) in [6, 6.07) is 15.6. The SMILES string of the molecule is C[C@@H](OC(=O)Nc1ccc(-c2c(C#N)c3ccc(Oc4ncccn4)cc3n2C2CCC2)c(Cl)c1)C1CC1. The number of carbonyl (C=O) groups is 1. The molecule has 0 unspecified atom stereocenters. The summed E-state index contributed by atoms with van der Waals surface area (Å²) in [6.45, 7) is 1.92. The number of nitrogens with one attached hydrogen (secondary N) is 1. The van der Waals surface area contributed by atoms with Crippen molar-refractivity contribution in [1.82, 2.24) is 14.5 Å². The number of fused-ring (bicyclic) bond motifs is 1. The first kappa shape index (κ1) is 24.3. The Balaban J connectivity index is 1.37. The van der Waals surface area contributed by atoms with Crippen LogP contribution in [0.4, 0.5) is 10.5 Å². The number of benzene rings is 2. The summed E-state index contributed by atoms with van der Waals surface area (Å²) < 4.78 is 13.6. The number of ether oxygens (including phenoxy) is 2. The zero-order chi connectivity index (χ0) is 26.2. The van der Waals surface area contributed by atoms with E-state index in [1.807, 2.05) is 31.2 Å². The molecule has 2 heterocycles. The summed E-state index contributed by atoms with van der Waals surface area (Å²) in [4.78, 5) is 20.6. The number of amides is 1. The number of hydrogen-bond acceptors (Lipinski definition) is 6. The van der Waals surface area contributed by atoms with Crippen molar-refractivity contribution in [3.8, 4) is 29.1 Å². The molecule has 2 aliphatic rings. The van der Waals surface area contributed by atoms with Crippen molar-refractivity contribution in [2.75, 3.05) is 5.32 Å². The van der Waals surface area contributed by atoms with Crippen molar-refractivity contribution >= 4 is 34.3 Å². The number of aromatic nitrogens is 3. The molecule has 9 heteroatoms. The summed E-state index contributed by atoms with van der Waals surface area (Å²) in [5.74, 6) is 1.04. The molecule has 4 aromatic rings. The smallest absolute Gasteiger partial charge is 0.411 e. The minimum absolute atomic E-state index is 0.108. The van der Waals surface area contributed by atoms with E-state index in [1.165, 1.54) is 0 Å². The Labute approximate surface area is 225 Å². The molecule has 6 rings (SSSR count). The zero-order valence-electron chi connectivity index (χ0n) is 20.9. The van der Waals surface area contributed by atoms with Crippen molar-refractivity contribution < 1.29 is 14.3 Å². The third-order valence-electron chi connectivity index (χ3n) is 7.33. The molecule has 0 saturated heterocycles. The monoisotopic (exact) mass is 527 g/mol. The number of carbonyl (C=O) groups excluding carboxylic acids is 1. The lowest BCUT2D eigenvalue weighted by atomic mass is 9.92. The topological polar surface area (TPSA) is 102 Å². The summed E-state index contributed by atoms with van der Waals surface area (Å²) in [5.41, 5.74) is 3.47. The van der Waals surface area contributed by atoms with Crippen LogP contribution < -0.4 is 10.1 Å². The number of nitriles is 1. The van der Waals surface area contributed by atoms with Crippen LogP contribution in [-0.4, -0.2) is 26.7 Å². The lowest BCUT2D eigenvalue weighted by molar-refractivity contribution is 0.108. The highest BCUT2D eigenvalue weighted by molar-refractivity contribution is 6.33. The van der Waals surface area contributed by atoms with Gasteiger partial charge in [-0.2, -0.15) is 5.26 Å². The van der Waals surface area contributed by atoms with Gasteiger partial charge in [-0.3, -0.25) is 5.32 Å². The summed E-state index contributed by atoms with van der Waals surface area (Å²) >= 11 is 6.79. The Morgan fingerprint density at radius 2 is 1.95 bits per heavy atom. The maximum Gasteiger partial charge on any atom is 0.411 e. The van der Waals surface area contributed by atoms with Gasteiger partial charge in [0, 0.05) is 41.1 Å². The first-order valence-electron chi connectivity index (χ1n) is 12.8. The van der Waals surface area contributed by atoms with Gasteiger partial charge >= 0.3 is 12.1 Å². The average Bonchev–Trinajstić information content (AvgIpc) is 3.68. The lowest BCUT2D eigenvalue weighted by Gasteiger charge is -2.30. The predicted octanol–water partition coefficient (Wildman–Crippen LogP) is 7.49. The molecule has 0 bridgehead atoms. The highest BCUT2D eigenvalue weighted by atomic mass is 35.5.